The van der Waals surface area contributed by atoms with E-state index in [0.29, 0.717) is 29.8 Å². The van der Waals surface area contributed by atoms with Crippen LogP contribution in [0.25, 0.3) is 0 Å². The molecule has 1 aliphatic heterocycles. The van der Waals surface area contributed by atoms with Gasteiger partial charge in [0.1, 0.15) is 6.54 Å². The molecule has 0 aromatic carbocycles. The molecule has 1 heterocycles. The molecule has 166 valence electrons. The number of likely N-dealkylation sites (N-methyl/N-ethyl adjacent to an activating group) is 1. The van der Waals surface area contributed by atoms with Crippen LogP contribution in [0.15, 0.2) is 4.99 Å². The molecule has 3 fully saturated rings. The minimum atomic E-state index is 0. The Hall–Kier alpha value is -1.06. The Morgan fingerprint density at radius 3 is 2.24 bits per heavy atom. The number of nitrogens with one attached hydrogen (secondary N) is 2. The van der Waals surface area contributed by atoms with E-state index in [1.54, 1.807) is 19.0 Å². The Morgan fingerprint density at radius 2 is 1.66 bits per heavy atom. The monoisotopic (exact) mass is 519 g/mol. The van der Waals surface area contributed by atoms with Crippen LogP contribution < -0.4 is 10.6 Å². The van der Waals surface area contributed by atoms with Crippen LogP contribution >= 0.6 is 24.0 Å². The number of carbonyl (C=O) groups excluding carboxylic acids is 2. The van der Waals surface area contributed by atoms with Gasteiger partial charge in [0.05, 0.1) is 0 Å². The summed E-state index contributed by atoms with van der Waals surface area (Å²) in [6.45, 7) is 4.08. The summed E-state index contributed by atoms with van der Waals surface area (Å²) in [7, 11) is 3.52. The van der Waals surface area contributed by atoms with Crippen molar-refractivity contribution in [3.63, 3.8) is 0 Å². The summed E-state index contributed by atoms with van der Waals surface area (Å²) in [4.78, 5) is 32.4. The van der Waals surface area contributed by atoms with Gasteiger partial charge in [-0.05, 0) is 44.4 Å². The average molecular weight is 519 g/mol. The van der Waals surface area contributed by atoms with Crippen molar-refractivity contribution in [3.05, 3.63) is 0 Å². The Labute approximate surface area is 192 Å². The summed E-state index contributed by atoms with van der Waals surface area (Å²) in [5.74, 6) is 2.01. The lowest BCUT2D eigenvalue weighted by Crippen LogP contribution is -2.53. The molecule has 0 bridgehead atoms. The van der Waals surface area contributed by atoms with Gasteiger partial charge in [-0.3, -0.25) is 9.59 Å². The molecular formula is C21H38IN5O2. The average Bonchev–Trinajstić information content (AvgIpc) is 3.52. The van der Waals surface area contributed by atoms with E-state index in [1.165, 1.54) is 19.3 Å². The number of aliphatic imine (C=N–C) groups is 1. The van der Waals surface area contributed by atoms with Gasteiger partial charge in [0, 0.05) is 45.2 Å². The Morgan fingerprint density at radius 1 is 1.00 bits per heavy atom. The number of rotatable bonds is 5. The second-order valence-corrected chi connectivity index (χ2v) is 8.98. The van der Waals surface area contributed by atoms with Crippen LogP contribution in [0.3, 0.4) is 0 Å². The van der Waals surface area contributed by atoms with Crippen LogP contribution in [0.4, 0.5) is 0 Å². The van der Waals surface area contributed by atoms with E-state index in [4.69, 9.17) is 0 Å². The molecule has 29 heavy (non-hydrogen) atoms. The molecule has 2 atom stereocenters. The van der Waals surface area contributed by atoms with Gasteiger partial charge in [-0.25, -0.2) is 4.99 Å². The lowest BCUT2D eigenvalue weighted by atomic mass is 9.86. The maximum absolute atomic E-state index is 12.3. The SMILES string of the molecule is CC1CCCCC1NC(=NCC(=O)N(C)C)NC1CCN(C(=O)C2CC2)CC1.I. The molecule has 0 aromatic heterocycles. The molecule has 2 amide bonds. The van der Waals surface area contributed by atoms with Crippen molar-refractivity contribution in [2.45, 2.75) is 70.4 Å². The fourth-order valence-corrected chi connectivity index (χ4v) is 4.15. The molecule has 2 saturated carbocycles. The molecule has 0 radical (unpaired) electrons. The third-order valence-corrected chi connectivity index (χ3v) is 6.38. The predicted molar refractivity (Wildman–Crippen MR) is 126 cm³/mol. The van der Waals surface area contributed by atoms with E-state index < -0.39 is 0 Å². The van der Waals surface area contributed by atoms with Crippen molar-refractivity contribution in [3.8, 4) is 0 Å². The second-order valence-electron chi connectivity index (χ2n) is 8.98. The summed E-state index contributed by atoms with van der Waals surface area (Å²) < 4.78 is 0. The van der Waals surface area contributed by atoms with E-state index in [-0.39, 0.29) is 36.4 Å². The van der Waals surface area contributed by atoms with E-state index >= 15 is 0 Å². The largest absolute Gasteiger partial charge is 0.354 e. The zero-order valence-corrected chi connectivity index (χ0v) is 20.5. The first-order chi connectivity index (χ1) is 13.4. The highest BCUT2D eigenvalue weighted by atomic mass is 127. The van der Waals surface area contributed by atoms with Crippen LogP contribution in [0.2, 0.25) is 0 Å². The van der Waals surface area contributed by atoms with Gasteiger partial charge in [-0.1, -0.05) is 19.8 Å². The number of amides is 2. The molecule has 3 aliphatic rings. The van der Waals surface area contributed by atoms with Crippen molar-refractivity contribution in [2.75, 3.05) is 33.7 Å². The van der Waals surface area contributed by atoms with Crippen molar-refractivity contribution >= 4 is 41.8 Å². The molecule has 1 saturated heterocycles. The molecular weight excluding hydrogens is 481 g/mol. The highest BCUT2D eigenvalue weighted by Crippen LogP contribution is 2.32. The van der Waals surface area contributed by atoms with E-state index in [1.807, 2.05) is 4.90 Å². The zero-order chi connectivity index (χ0) is 20.1. The molecule has 0 spiro atoms. The van der Waals surface area contributed by atoms with Crippen molar-refractivity contribution in [1.29, 1.82) is 0 Å². The number of likely N-dealkylation sites (tertiary alicyclic amines) is 1. The van der Waals surface area contributed by atoms with Crippen LogP contribution in [0, 0.1) is 11.8 Å². The molecule has 7 nitrogen and oxygen atoms in total. The van der Waals surface area contributed by atoms with Gasteiger partial charge < -0.3 is 20.4 Å². The summed E-state index contributed by atoms with van der Waals surface area (Å²) in [5, 5.41) is 7.15. The third kappa shape index (κ3) is 7.29. The molecule has 2 unspecified atom stereocenters. The summed E-state index contributed by atoms with van der Waals surface area (Å²) in [5.41, 5.74) is 0. The van der Waals surface area contributed by atoms with Gasteiger partial charge in [0.15, 0.2) is 5.96 Å². The quantitative estimate of drug-likeness (QED) is 0.332. The van der Waals surface area contributed by atoms with Crippen LogP contribution in [0.5, 0.6) is 0 Å². The van der Waals surface area contributed by atoms with Gasteiger partial charge in [0.2, 0.25) is 11.8 Å². The first kappa shape index (κ1) is 24.2. The van der Waals surface area contributed by atoms with E-state index in [2.05, 4.69) is 22.5 Å². The Balaban J connectivity index is 0.00000300. The topological polar surface area (TPSA) is 77.0 Å². The number of hydrogen-bond acceptors (Lipinski definition) is 3. The number of halogens is 1. The molecule has 0 aromatic rings. The van der Waals surface area contributed by atoms with Crippen molar-refractivity contribution < 1.29 is 9.59 Å². The highest BCUT2D eigenvalue weighted by molar-refractivity contribution is 14.0. The first-order valence-electron chi connectivity index (χ1n) is 11.0. The fourth-order valence-electron chi connectivity index (χ4n) is 4.15. The Bertz CT molecular complexity index is 586. The second kappa shape index (κ2) is 11.4. The first-order valence-corrected chi connectivity index (χ1v) is 11.0. The normalized spacial score (nSPS) is 25.8. The smallest absolute Gasteiger partial charge is 0.243 e. The number of hydrogen-bond donors (Lipinski definition) is 2. The van der Waals surface area contributed by atoms with E-state index in [9.17, 15) is 9.59 Å². The minimum Gasteiger partial charge on any atom is -0.354 e. The maximum atomic E-state index is 12.3. The van der Waals surface area contributed by atoms with Gasteiger partial charge >= 0.3 is 0 Å². The van der Waals surface area contributed by atoms with Crippen molar-refractivity contribution in [1.82, 2.24) is 20.4 Å². The molecule has 2 aliphatic carbocycles. The van der Waals surface area contributed by atoms with Crippen LogP contribution in [-0.2, 0) is 9.59 Å². The van der Waals surface area contributed by atoms with Gasteiger partial charge in [0.25, 0.3) is 0 Å². The fraction of sp³-hybridized carbons (Fsp3) is 0.857. The van der Waals surface area contributed by atoms with Gasteiger partial charge in [-0.15, -0.1) is 24.0 Å². The number of carbonyl (C=O) groups is 2. The molecule has 8 heteroatoms. The number of guanidine groups is 1. The van der Waals surface area contributed by atoms with Crippen molar-refractivity contribution in [2.24, 2.45) is 16.8 Å². The summed E-state index contributed by atoms with van der Waals surface area (Å²) in [6.07, 6.45) is 8.93. The number of nitrogens with zero attached hydrogens (tertiary/aromatic N) is 3. The maximum Gasteiger partial charge on any atom is 0.243 e. The molecule has 2 N–H and O–H groups in total. The third-order valence-electron chi connectivity index (χ3n) is 6.38. The zero-order valence-electron chi connectivity index (χ0n) is 18.2. The molecule has 3 rings (SSSR count). The lowest BCUT2D eigenvalue weighted by molar-refractivity contribution is -0.133. The lowest BCUT2D eigenvalue weighted by Gasteiger charge is -2.35. The Kier molecular flexibility index (Phi) is 9.49. The van der Waals surface area contributed by atoms with E-state index in [0.717, 1.165) is 51.2 Å². The minimum absolute atomic E-state index is 0. The summed E-state index contributed by atoms with van der Waals surface area (Å²) in [6, 6.07) is 0.703. The van der Waals surface area contributed by atoms with Crippen LogP contribution in [-0.4, -0.2) is 73.4 Å². The van der Waals surface area contributed by atoms with Crippen LogP contribution in [0.1, 0.15) is 58.3 Å². The standard InChI is InChI=1S/C21H37N5O2.HI/c1-15-6-4-5-7-18(15)24-21(22-14-19(27)25(2)3)23-17-10-12-26(13-11-17)20(28)16-8-9-16;/h15-18H,4-14H2,1-3H3,(H2,22,23,24);1H. The predicted octanol–water partition coefficient (Wildman–Crippen LogP) is 2.21. The van der Waals surface area contributed by atoms with Gasteiger partial charge in [-0.2, -0.15) is 0 Å². The number of piperidine rings is 1. The highest BCUT2D eigenvalue weighted by Gasteiger charge is 2.35. The summed E-state index contributed by atoms with van der Waals surface area (Å²) >= 11 is 0.